The molecule has 2 heterocycles. The molecule has 5 nitrogen and oxygen atoms in total. The summed E-state index contributed by atoms with van der Waals surface area (Å²) in [5.41, 5.74) is 0.934. The molecule has 0 aromatic carbocycles. The highest BCUT2D eigenvalue weighted by atomic mass is 32.2. The van der Waals surface area contributed by atoms with E-state index in [4.69, 9.17) is 0 Å². The van der Waals surface area contributed by atoms with E-state index in [0.29, 0.717) is 10.9 Å². The van der Waals surface area contributed by atoms with E-state index in [0.717, 1.165) is 23.6 Å². The van der Waals surface area contributed by atoms with Crippen LogP contribution in [0.5, 0.6) is 0 Å². The van der Waals surface area contributed by atoms with E-state index in [1.165, 1.54) is 31.0 Å². The van der Waals surface area contributed by atoms with Gasteiger partial charge in [0.25, 0.3) is 5.91 Å². The first-order valence-electron chi connectivity index (χ1n) is 6.98. The lowest BCUT2D eigenvalue weighted by molar-refractivity contribution is -0.115. The Morgan fingerprint density at radius 3 is 2.95 bits per heavy atom. The van der Waals surface area contributed by atoms with Crippen molar-refractivity contribution >= 4 is 28.9 Å². The van der Waals surface area contributed by atoms with Crippen molar-refractivity contribution in [3.8, 4) is 0 Å². The van der Waals surface area contributed by atoms with Gasteiger partial charge in [0.1, 0.15) is 0 Å². The molecule has 0 bridgehead atoms. The first-order chi connectivity index (χ1) is 9.70. The fourth-order valence-corrected chi connectivity index (χ4v) is 3.42. The number of carbonyl (C=O) groups is 1. The van der Waals surface area contributed by atoms with Crippen molar-refractivity contribution in [3.63, 3.8) is 0 Å². The third-order valence-electron chi connectivity index (χ3n) is 3.55. The van der Waals surface area contributed by atoms with Gasteiger partial charge in [0.15, 0.2) is 5.17 Å². The highest BCUT2D eigenvalue weighted by molar-refractivity contribution is 8.18. The van der Waals surface area contributed by atoms with E-state index in [9.17, 15) is 4.79 Å². The van der Waals surface area contributed by atoms with Gasteiger partial charge in [-0.3, -0.25) is 14.5 Å². The smallest absolute Gasteiger partial charge is 0.264 e. The zero-order valence-electron chi connectivity index (χ0n) is 11.5. The summed E-state index contributed by atoms with van der Waals surface area (Å²) >= 11 is 1.43. The van der Waals surface area contributed by atoms with Crippen molar-refractivity contribution < 1.29 is 4.79 Å². The number of carbonyl (C=O) groups excluding carboxylic acids is 1. The number of aliphatic imine (C=N–C) groups is 1. The molecule has 0 unspecified atom stereocenters. The Morgan fingerprint density at radius 1 is 1.45 bits per heavy atom. The molecule has 1 aliphatic carbocycles. The van der Waals surface area contributed by atoms with Crippen LogP contribution in [0.1, 0.15) is 37.7 Å². The van der Waals surface area contributed by atoms with Gasteiger partial charge in [-0.2, -0.15) is 5.10 Å². The minimum atomic E-state index is -0.0617. The second-order valence-electron chi connectivity index (χ2n) is 5.24. The topological polar surface area (TPSA) is 59.3 Å². The molecular weight excluding hydrogens is 272 g/mol. The van der Waals surface area contributed by atoms with Crippen molar-refractivity contribution in [2.24, 2.45) is 12.0 Å². The second-order valence-corrected chi connectivity index (χ2v) is 6.27. The summed E-state index contributed by atoms with van der Waals surface area (Å²) in [6.45, 7) is 0. The quantitative estimate of drug-likeness (QED) is 0.850. The molecule has 3 rings (SSSR count). The Labute approximate surface area is 122 Å². The van der Waals surface area contributed by atoms with Crippen molar-refractivity contribution in [1.82, 2.24) is 15.1 Å². The van der Waals surface area contributed by atoms with E-state index < -0.39 is 0 Å². The summed E-state index contributed by atoms with van der Waals surface area (Å²) in [4.78, 5) is 17.3. The van der Waals surface area contributed by atoms with Gasteiger partial charge in [-0.05, 0) is 30.7 Å². The zero-order valence-corrected chi connectivity index (χ0v) is 12.3. The van der Waals surface area contributed by atoms with E-state index in [1.54, 1.807) is 10.9 Å². The Kier molecular flexibility index (Phi) is 3.91. The van der Waals surface area contributed by atoms with Crippen LogP contribution >= 0.6 is 11.8 Å². The van der Waals surface area contributed by atoms with Crippen LogP contribution in [0.4, 0.5) is 0 Å². The van der Waals surface area contributed by atoms with E-state index >= 15 is 0 Å². The average Bonchev–Trinajstić information content (AvgIpc) is 2.98. The second kappa shape index (κ2) is 5.83. The van der Waals surface area contributed by atoms with E-state index in [-0.39, 0.29) is 5.91 Å². The monoisotopic (exact) mass is 290 g/mol. The van der Waals surface area contributed by atoms with Crippen LogP contribution in [0.3, 0.4) is 0 Å². The van der Waals surface area contributed by atoms with Gasteiger partial charge in [0, 0.05) is 18.8 Å². The molecule has 0 atom stereocenters. The molecule has 1 aromatic heterocycles. The Hall–Kier alpha value is -1.56. The van der Waals surface area contributed by atoms with Crippen molar-refractivity contribution in [2.45, 2.75) is 38.1 Å². The van der Waals surface area contributed by atoms with Crippen LogP contribution in [0.25, 0.3) is 6.08 Å². The summed E-state index contributed by atoms with van der Waals surface area (Å²) in [5.74, 6) is -0.0617. The number of thioether (sulfide) groups is 1. The molecule has 1 N–H and O–H groups in total. The van der Waals surface area contributed by atoms with Crippen LogP contribution in [0.2, 0.25) is 0 Å². The first-order valence-corrected chi connectivity index (χ1v) is 7.80. The fourth-order valence-electron chi connectivity index (χ4n) is 2.53. The Morgan fingerprint density at radius 2 is 2.25 bits per heavy atom. The highest BCUT2D eigenvalue weighted by Crippen LogP contribution is 2.28. The number of amides is 1. The Bertz CT molecular complexity index is 569. The van der Waals surface area contributed by atoms with Gasteiger partial charge in [0.05, 0.1) is 17.1 Å². The third-order valence-corrected chi connectivity index (χ3v) is 4.47. The van der Waals surface area contributed by atoms with E-state index in [2.05, 4.69) is 15.4 Å². The average molecular weight is 290 g/mol. The molecule has 1 saturated carbocycles. The minimum absolute atomic E-state index is 0.0617. The van der Waals surface area contributed by atoms with Crippen molar-refractivity contribution in [1.29, 1.82) is 0 Å². The number of aryl methyl sites for hydroxylation is 1. The maximum Gasteiger partial charge on any atom is 0.264 e. The van der Waals surface area contributed by atoms with Gasteiger partial charge >= 0.3 is 0 Å². The molecule has 20 heavy (non-hydrogen) atoms. The summed E-state index contributed by atoms with van der Waals surface area (Å²) < 4.78 is 1.72. The molecule has 106 valence electrons. The Balaban J connectivity index is 1.71. The lowest BCUT2D eigenvalue weighted by atomic mass is 9.96. The number of hydrogen-bond acceptors (Lipinski definition) is 4. The number of aromatic nitrogens is 2. The molecule has 1 saturated heterocycles. The number of rotatable bonds is 2. The maximum atomic E-state index is 11.9. The lowest BCUT2D eigenvalue weighted by Crippen LogP contribution is -2.22. The number of nitrogens with one attached hydrogen (secondary N) is 1. The fraction of sp³-hybridized carbons (Fsp3) is 0.500. The number of nitrogens with zero attached hydrogens (tertiary/aromatic N) is 3. The van der Waals surface area contributed by atoms with Gasteiger partial charge in [-0.25, -0.2) is 0 Å². The van der Waals surface area contributed by atoms with Crippen molar-refractivity contribution in [2.75, 3.05) is 0 Å². The first kappa shape index (κ1) is 13.4. The van der Waals surface area contributed by atoms with Crippen LogP contribution in [0.15, 0.2) is 22.3 Å². The molecule has 2 aliphatic rings. The highest BCUT2D eigenvalue weighted by Gasteiger charge is 2.25. The number of amidine groups is 1. The molecule has 0 spiro atoms. The van der Waals surface area contributed by atoms with Crippen LogP contribution in [0, 0.1) is 0 Å². The van der Waals surface area contributed by atoms with Crippen LogP contribution in [-0.4, -0.2) is 26.9 Å². The predicted octanol–water partition coefficient (Wildman–Crippen LogP) is 2.31. The van der Waals surface area contributed by atoms with Gasteiger partial charge < -0.3 is 5.32 Å². The molecule has 6 heteroatoms. The maximum absolute atomic E-state index is 11.9. The van der Waals surface area contributed by atoms with Gasteiger partial charge in [0.2, 0.25) is 0 Å². The predicted molar refractivity (Wildman–Crippen MR) is 81.2 cm³/mol. The standard InChI is InChI=1S/C14H18N4OS/c1-18-9-10(8-15-18)7-12-13(19)17-14(20-12)16-11-5-3-2-4-6-11/h7-9,11H,2-6H2,1H3,(H,16,17,19)/b12-7-. The summed E-state index contributed by atoms with van der Waals surface area (Å²) in [6, 6.07) is 0.379. The van der Waals surface area contributed by atoms with Crippen LogP contribution in [-0.2, 0) is 11.8 Å². The number of hydrogen-bond donors (Lipinski definition) is 1. The normalized spacial score (nSPS) is 24.6. The molecular formula is C14H18N4OS. The SMILES string of the molecule is Cn1cc(/C=C2\SC(=NC3CCCCC3)NC2=O)cn1. The van der Waals surface area contributed by atoms with Gasteiger partial charge in [-0.15, -0.1) is 0 Å². The zero-order chi connectivity index (χ0) is 13.9. The molecule has 1 amide bonds. The third kappa shape index (κ3) is 3.12. The summed E-state index contributed by atoms with van der Waals surface area (Å²) in [5, 5.41) is 7.70. The summed E-state index contributed by atoms with van der Waals surface area (Å²) in [7, 11) is 1.86. The summed E-state index contributed by atoms with van der Waals surface area (Å²) in [6.07, 6.45) is 11.6. The molecule has 1 aliphatic heterocycles. The minimum Gasteiger partial charge on any atom is -0.301 e. The molecule has 2 fully saturated rings. The van der Waals surface area contributed by atoms with Crippen LogP contribution < -0.4 is 5.32 Å². The van der Waals surface area contributed by atoms with Gasteiger partial charge in [-0.1, -0.05) is 19.3 Å². The van der Waals surface area contributed by atoms with Crippen molar-refractivity contribution in [3.05, 3.63) is 22.9 Å². The lowest BCUT2D eigenvalue weighted by Gasteiger charge is -2.17. The molecule has 1 aromatic rings. The molecule has 0 radical (unpaired) electrons. The van der Waals surface area contributed by atoms with E-state index in [1.807, 2.05) is 19.3 Å². The largest absolute Gasteiger partial charge is 0.301 e.